The summed E-state index contributed by atoms with van der Waals surface area (Å²) in [5, 5.41) is 0. The summed E-state index contributed by atoms with van der Waals surface area (Å²) in [6.07, 6.45) is 0. The standard InChI is InChI=1S/C13H11BrF2N2O/c1-7-3-4-8(2)18(7)17-13(19)12-10(15)5-9(14)6-11(12)16/h3-6H,1-2H3,(H,17,19). The Hall–Kier alpha value is -1.69. The molecule has 0 spiro atoms. The van der Waals surface area contributed by atoms with Gasteiger partial charge < -0.3 is 0 Å². The molecule has 0 aliphatic heterocycles. The first-order valence-electron chi connectivity index (χ1n) is 5.51. The van der Waals surface area contributed by atoms with E-state index < -0.39 is 23.1 Å². The lowest BCUT2D eigenvalue weighted by Gasteiger charge is -2.12. The van der Waals surface area contributed by atoms with Crippen molar-refractivity contribution in [2.75, 3.05) is 5.43 Å². The van der Waals surface area contributed by atoms with Crippen LogP contribution >= 0.6 is 15.9 Å². The molecule has 0 bridgehead atoms. The van der Waals surface area contributed by atoms with Gasteiger partial charge in [0.2, 0.25) is 0 Å². The second-order valence-corrected chi connectivity index (χ2v) is 5.05. The van der Waals surface area contributed by atoms with E-state index in [1.54, 1.807) is 26.0 Å². The molecule has 1 aromatic carbocycles. The fraction of sp³-hybridized carbons (Fsp3) is 0.154. The van der Waals surface area contributed by atoms with Gasteiger partial charge in [-0.1, -0.05) is 15.9 Å². The number of carbonyl (C=O) groups excluding carboxylic acids is 1. The minimum atomic E-state index is -0.910. The van der Waals surface area contributed by atoms with Gasteiger partial charge in [0.1, 0.15) is 17.2 Å². The van der Waals surface area contributed by atoms with Gasteiger partial charge in [0.15, 0.2) is 0 Å². The third-order valence-corrected chi connectivity index (χ3v) is 3.18. The maximum absolute atomic E-state index is 13.7. The molecule has 0 aliphatic rings. The Morgan fingerprint density at radius 2 is 1.63 bits per heavy atom. The molecule has 1 aromatic heterocycles. The summed E-state index contributed by atoms with van der Waals surface area (Å²) in [5.41, 5.74) is 3.39. The van der Waals surface area contributed by atoms with E-state index in [4.69, 9.17) is 0 Å². The summed E-state index contributed by atoms with van der Waals surface area (Å²) in [4.78, 5) is 11.9. The highest BCUT2D eigenvalue weighted by molar-refractivity contribution is 9.10. The molecule has 0 saturated carbocycles. The van der Waals surface area contributed by atoms with E-state index in [1.807, 2.05) is 0 Å². The first-order valence-corrected chi connectivity index (χ1v) is 6.30. The van der Waals surface area contributed by atoms with Gasteiger partial charge in [-0.25, -0.2) is 8.78 Å². The summed E-state index contributed by atoms with van der Waals surface area (Å²) < 4.78 is 29.0. The zero-order valence-corrected chi connectivity index (χ0v) is 11.9. The van der Waals surface area contributed by atoms with Gasteiger partial charge in [-0.05, 0) is 38.1 Å². The second kappa shape index (κ2) is 5.13. The number of nitrogens with one attached hydrogen (secondary N) is 1. The predicted molar refractivity (Wildman–Crippen MR) is 71.7 cm³/mol. The van der Waals surface area contributed by atoms with Crippen LogP contribution in [-0.4, -0.2) is 10.6 Å². The normalized spacial score (nSPS) is 10.6. The zero-order chi connectivity index (χ0) is 14.2. The maximum atomic E-state index is 13.7. The third kappa shape index (κ3) is 2.68. The van der Waals surface area contributed by atoms with Crippen LogP contribution in [-0.2, 0) is 0 Å². The number of nitrogens with zero attached hydrogens (tertiary/aromatic N) is 1. The van der Waals surface area contributed by atoms with E-state index in [1.165, 1.54) is 4.68 Å². The van der Waals surface area contributed by atoms with Crippen LogP contribution in [0.4, 0.5) is 8.78 Å². The lowest BCUT2D eigenvalue weighted by atomic mass is 10.2. The van der Waals surface area contributed by atoms with Crippen LogP contribution in [0.15, 0.2) is 28.7 Å². The second-order valence-electron chi connectivity index (χ2n) is 4.14. The Morgan fingerprint density at radius 1 is 1.16 bits per heavy atom. The summed E-state index contributed by atoms with van der Waals surface area (Å²) in [6, 6.07) is 5.69. The molecule has 0 unspecified atom stereocenters. The molecule has 2 rings (SSSR count). The van der Waals surface area contributed by atoms with E-state index >= 15 is 0 Å². The van der Waals surface area contributed by atoms with Gasteiger partial charge in [0.05, 0.1) is 0 Å². The van der Waals surface area contributed by atoms with Crippen LogP contribution in [0.3, 0.4) is 0 Å². The fourth-order valence-electron chi connectivity index (χ4n) is 1.76. The van der Waals surface area contributed by atoms with Crippen molar-refractivity contribution in [1.29, 1.82) is 0 Å². The van der Waals surface area contributed by atoms with Crippen LogP contribution in [0.5, 0.6) is 0 Å². The average Bonchev–Trinajstić information content (AvgIpc) is 2.59. The highest BCUT2D eigenvalue weighted by atomic mass is 79.9. The molecule has 19 heavy (non-hydrogen) atoms. The van der Waals surface area contributed by atoms with Crippen molar-refractivity contribution in [3.63, 3.8) is 0 Å². The number of benzene rings is 1. The highest BCUT2D eigenvalue weighted by Crippen LogP contribution is 2.19. The average molecular weight is 329 g/mol. The van der Waals surface area contributed by atoms with E-state index in [0.717, 1.165) is 23.5 Å². The lowest BCUT2D eigenvalue weighted by Crippen LogP contribution is -2.26. The molecule has 0 aliphatic carbocycles. The number of aromatic nitrogens is 1. The molecule has 0 saturated heterocycles. The van der Waals surface area contributed by atoms with Crippen molar-refractivity contribution >= 4 is 21.8 Å². The predicted octanol–water partition coefficient (Wildman–Crippen LogP) is 3.53. The van der Waals surface area contributed by atoms with Crippen molar-refractivity contribution in [1.82, 2.24) is 4.68 Å². The Kier molecular flexibility index (Phi) is 3.71. The molecular formula is C13H11BrF2N2O. The van der Waals surface area contributed by atoms with Crippen LogP contribution in [0.2, 0.25) is 0 Å². The van der Waals surface area contributed by atoms with Crippen molar-refractivity contribution in [3.8, 4) is 0 Å². The van der Waals surface area contributed by atoms with Gasteiger partial charge in [-0.3, -0.25) is 14.9 Å². The SMILES string of the molecule is Cc1ccc(C)n1NC(=O)c1c(F)cc(Br)cc1F. The first-order chi connectivity index (χ1) is 8.90. The molecule has 1 N–H and O–H groups in total. The van der Waals surface area contributed by atoms with Gasteiger partial charge in [0.25, 0.3) is 5.91 Å². The summed E-state index contributed by atoms with van der Waals surface area (Å²) in [6.45, 7) is 3.56. The number of hydrogen-bond acceptors (Lipinski definition) is 1. The minimum Gasteiger partial charge on any atom is -0.267 e. The fourth-order valence-corrected chi connectivity index (χ4v) is 2.16. The Bertz CT molecular complexity index is 610. The number of aryl methyl sites for hydroxylation is 2. The van der Waals surface area contributed by atoms with Crippen LogP contribution in [0.25, 0.3) is 0 Å². The van der Waals surface area contributed by atoms with Gasteiger partial charge >= 0.3 is 0 Å². The molecule has 2 aromatic rings. The number of halogens is 3. The summed E-state index contributed by atoms with van der Waals surface area (Å²) >= 11 is 2.96. The maximum Gasteiger partial charge on any atom is 0.276 e. The molecule has 6 heteroatoms. The topological polar surface area (TPSA) is 34.0 Å². The van der Waals surface area contributed by atoms with Gasteiger partial charge in [0, 0.05) is 15.9 Å². The third-order valence-electron chi connectivity index (χ3n) is 2.72. The van der Waals surface area contributed by atoms with E-state index in [9.17, 15) is 13.6 Å². The minimum absolute atomic E-state index is 0.243. The molecule has 3 nitrogen and oxygen atoms in total. The van der Waals surface area contributed by atoms with E-state index in [-0.39, 0.29) is 4.47 Å². The van der Waals surface area contributed by atoms with Gasteiger partial charge in [-0.15, -0.1) is 0 Å². The quantitative estimate of drug-likeness (QED) is 0.899. The van der Waals surface area contributed by atoms with E-state index in [2.05, 4.69) is 21.4 Å². The number of rotatable bonds is 2. The van der Waals surface area contributed by atoms with Crippen LogP contribution in [0, 0.1) is 25.5 Å². The van der Waals surface area contributed by atoms with Crippen molar-refractivity contribution in [2.24, 2.45) is 0 Å². The Balaban J connectivity index is 2.36. The summed E-state index contributed by atoms with van der Waals surface area (Å²) in [5.74, 6) is -2.65. The number of hydrogen-bond donors (Lipinski definition) is 1. The smallest absolute Gasteiger partial charge is 0.267 e. The molecular weight excluding hydrogens is 318 g/mol. The van der Waals surface area contributed by atoms with Crippen molar-refractivity contribution in [3.05, 3.63) is 57.3 Å². The number of amides is 1. The molecule has 1 heterocycles. The van der Waals surface area contributed by atoms with Crippen LogP contribution in [0.1, 0.15) is 21.7 Å². The molecule has 100 valence electrons. The van der Waals surface area contributed by atoms with Crippen LogP contribution < -0.4 is 5.43 Å². The Morgan fingerprint density at radius 3 is 2.11 bits per heavy atom. The number of carbonyl (C=O) groups is 1. The largest absolute Gasteiger partial charge is 0.276 e. The molecule has 0 fully saturated rings. The van der Waals surface area contributed by atoms with Gasteiger partial charge in [-0.2, -0.15) is 0 Å². The monoisotopic (exact) mass is 328 g/mol. The van der Waals surface area contributed by atoms with Crippen molar-refractivity contribution < 1.29 is 13.6 Å². The first kappa shape index (κ1) is 13.7. The molecule has 0 radical (unpaired) electrons. The van der Waals surface area contributed by atoms with E-state index in [0.29, 0.717) is 0 Å². The Labute approximate surface area is 117 Å². The zero-order valence-electron chi connectivity index (χ0n) is 10.3. The highest BCUT2D eigenvalue weighted by Gasteiger charge is 2.19. The molecule has 0 atom stereocenters. The van der Waals surface area contributed by atoms with Crippen molar-refractivity contribution in [2.45, 2.75) is 13.8 Å². The lowest BCUT2D eigenvalue weighted by molar-refractivity contribution is 0.0999. The molecule has 1 amide bonds. The summed E-state index contributed by atoms with van der Waals surface area (Å²) in [7, 11) is 0.